The van der Waals surface area contributed by atoms with Crippen molar-refractivity contribution in [1.29, 1.82) is 0 Å². The number of ether oxygens (including phenoxy) is 1. The minimum absolute atomic E-state index is 0.0627. The molecule has 29 heavy (non-hydrogen) atoms. The van der Waals surface area contributed by atoms with E-state index in [9.17, 15) is 9.90 Å². The Labute approximate surface area is 170 Å². The highest BCUT2D eigenvalue weighted by Crippen LogP contribution is 2.44. The molecule has 0 bridgehead atoms. The first kappa shape index (κ1) is 19.1. The molecule has 1 aromatic heterocycles. The molecule has 4 rings (SSSR count). The number of rotatable bonds is 7. The number of benzene rings is 2. The number of phenolic OH excluding ortho intramolecular Hbond substituents is 1. The summed E-state index contributed by atoms with van der Waals surface area (Å²) < 4.78 is 5.70. The molecule has 1 aliphatic rings. The van der Waals surface area contributed by atoms with E-state index in [1.807, 2.05) is 41.3 Å². The Hall–Kier alpha value is -3.28. The molecule has 0 radical (unpaired) electrons. The highest BCUT2D eigenvalue weighted by molar-refractivity contribution is 6.00. The standard InChI is InChI=1S/C23H25N3O3/c1-3-13-26-22(15-9-11-16(12-10-15)29-14-4-2)19-20(24-25-21(19)23(26)28)17-7-5-6-8-18(17)27/h5-12,22,27H,3-4,13-14H2,1-2H3,(H,24,25)/t22-/m0/s1. The number of fused-ring (bicyclic) bond motifs is 1. The topological polar surface area (TPSA) is 78.5 Å². The normalized spacial score (nSPS) is 15.6. The summed E-state index contributed by atoms with van der Waals surface area (Å²) in [6.07, 6.45) is 1.80. The molecule has 2 heterocycles. The molecular weight excluding hydrogens is 366 g/mol. The average Bonchev–Trinajstić information content (AvgIpc) is 3.27. The zero-order valence-electron chi connectivity index (χ0n) is 16.7. The van der Waals surface area contributed by atoms with E-state index in [2.05, 4.69) is 24.0 Å². The van der Waals surface area contributed by atoms with E-state index in [1.54, 1.807) is 12.1 Å². The molecule has 0 saturated heterocycles. The van der Waals surface area contributed by atoms with E-state index in [-0.39, 0.29) is 17.7 Å². The fourth-order valence-corrected chi connectivity index (χ4v) is 3.86. The van der Waals surface area contributed by atoms with Crippen LogP contribution in [0.1, 0.15) is 54.3 Å². The first-order chi connectivity index (χ1) is 14.2. The Balaban J connectivity index is 1.80. The quantitative estimate of drug-likeness (QED) is 0.620. The highest BCUT2D eigenvalue weighted by atomic mass is 16.5. The number of H-pyrrole nitrogens is 1. The minimum atomic E-state index is -0.258. The lowest BCUT2D eigenvalue weighted by Crippen LogP contribution is -2.30. The molecule has 2 N–H and O–H groups in total. The van der Waals surface area contributed by atoms with Gasteiger partial charge in [-0.2, -0.15) is 5.10 Å². The summed E-state index contributed by atoms with van der Waals surface area (Å²) in [7, 11) is 0. The summed E-state index contributed by atoms with van der Waals surface area (Å²) >= 11 is 0. The lowest BCUT2D eigenvalue weighted by atomic mass is 9.95. The molecule has 1 atom stereocenters. The van der Waals surface area contributed by atoms with E-state index in [1.165, 1.54) is 0 Å². The number of aromatic amines is 1. The van der Waals surface area contributed by atoms with Crippen LogP contribution in [0.4, 0.5) is 0 Å². The van der Waals surface area contributed by atoms with Gasteiger partial charge in [0.2, 0.25) is 0 Å². The maximum absolute atomic E-state index is 13.1. The Bertz CT molecular complexity index is 1010. The van der Waals surface area contributed by atoms with Crippen molar-refractivity contribution in [2.75, 3.05) is 13.2 Å². The smallest absolute Gasteiger partial charge is 0.273 e. The van der Waals surface area contributed by atoms with E-state index in [0.717, 1.165) is 29.7 Å². The number of hydrogen-bond acceptors (Lipinski definition) is 4. The van der Waals surface area contributed by atoms with Gasteiger partial charge in [0.25, 0.3) is 5.91 Å². The van der Waals surface area contributed by atoms with Crippen LogP contribution in [0.15, 0.2) is 48.5 Å². The Morgan fingerprint density at radius 1 is 1.10 bits per heavy atom. The van der Waals surface area contributed by atoms with Crippen LogP contribution < -0.4 is 4.74 Å². The van der Waals surface area contributed by atoms with Crippen LogP contribution >= 0.6 is 0 Å². The first-order valence-electron chi connectivity index (χ1n) is 10.1. The van der Waals surface area contributed by atoms with E-state index < -0.39 is 0 Å². The van der Waals surface area contributed by atoms with Crippen LogP contribution in [0.25, 0.3) is 11.3 Å². The van der Waals surface area contributed by atoms with Gasteiger partial charge < -0.3 is 14.7 Å². The van der Waals surface area contributed by atoms with Crippen LogP contribution in [0.5, 0.6) is 11.5 Å². The van der Waals surface area contributed by atoms with Crippen molar-refractivity contribution >= 4 is 5.91 Å². The van der Waals surface area contributed by atoms with Crippen LogP contribution in [-0.2, 0) is 0 Å². The number of phenols is 1. The van der Waals surface area contributed by atoms with Crippen LogP contribution in [-0.4, -0.2) is 39.3 Å². The number of nitrogens with zero attached hydrogens (tertiary/aromatic N) is 2. The Morgan fingerprint density at radius 2 is 1.86 bits per heavy atom. The lowest BCUT2D eigenvalue weighted by Gasteiger charge is -2.26. The van der Waals surface area contributed by atoms with Crippen LogP contribution in [0, 0.1) is 0 Å². The van der Waals surface area contributed by atoms with Gasteiger partial charge in [-0.15, -0.1) is 0 Å². The Kier molecular flexibility index (Phi) is 5.25. The van der Waals surface area contributed by atoms with Crippen LogP contribution in [0.3, 0.4) is 0 Å². The molecule has 0 saturated carbocycles. The fraction of sp³-hybridized carbons (Fsp3) is 0.304. The third-order valence-corrected chi connectivity index (χ3v) is 5.16. The van der Waals surface area contributed by atoms with Gasteiger partial charge in [0.1, 0.15) is 22.9 Å². The predicted molar refractivity (Wildman–Crippen MR) is 111 cm³/mol. The van der Waals surface area contributed by atoms with Gasteiger partial charge in [0.15, 0.2) is 0 Å². The molecule has 150 valence electrons. The molecule has 3 aromatic rings. The van der Waals surface area contributed by atoms with E-state index in [0.29, 0.717) is 30.1 Å². The van der Waals surface area contributed by atoms with Crippen LogP contribution in [0.2, 0.25) is 0 Å². The summed E-state index contributed by atoms with van der Waals surface area (Å²) in [5, 5.41) is 17.7. The maximum Gasteiger partial charge on any atom is 0.273 e. The van der Waals surface area contributed by atoms with Gasteiger partial charge in [-0.3, -0.25) is 9.89 Å². The summed E-state index contributed by atoms with van der Waals surface area (Å²) in [5.41, 5.74) is 3.53. The molecule has 6 heteroatoms. The number of aromatic hydroxyl groups is 1. The van der Waals surface area contributed by atoms with E-state index >= 15 is 0 Å². The van der Waals surface area contributed by atoms with Crippen molar-refractivity contribution < 1.29 is 14.6 Å². The number of amides is 1. The third kappa shape index (κ3) is 3.35. The molecule has 6 nitrogen and oxygen atoms in total. The number of aromatic nitrogens is 2. The monoisotopic (exact) mass is 391 g/mol. The predicted octanol–water partition coefficient (Wildman–Crippen LogP) is 4.53. The van der Waals surface area contributed by atoms with Crippen molar-refractivity contribution in [3.8, 4) is 22.8 Å². The number of nitrogens with one attached hydrogen (secondary N) is 1. The molecule has 2 aromatic carbocycles. The van der Waals surface area contributed by atoms with Gasteiger partial charge in [-0.05, 0) is 42.7 Å². The lowest BCUT2D eigenvalue weighted by molar-refractivity contribution is 0.0744. The number of para-hydroxylation sites is 1. The molecule has 0 fully saturated rings. The first-order valence-corrected chi connectivity index (χ1v) is 10.1. The van der Waals surface area contributed by atoms with Gasteiger partial charge in [0, 0.05) is 17.7 Å². The fourth-order valence-electron chi connectivity index (χ4n) is 3.86. The molecule has 1 amide bonds. The molecule has 0 spiro atoms. The van der Waals surface area contributed by atoms with Gasteiger partial charge in [-0.1, -0.05) is 38.1 Å². The second-order valence-corrected chi connectivity index (χ2v) is 7.20. The second kappa shape index (κ2) is 7.99. The minimum Gasteiger partial charge on any atom is -0.507 e. The third-order valence-electron chi connectivity index (χ3n) is 5.16. The van der Waals surface area contributed by atoms with Crippen molar-refractivity contribution in [3.05, 3.63) is 65.4 Å². The maximum atomic E-state index is 13.1. The summed E-state index contributed by atoms with van der Waals surface area (Å²) in [4.78, 5) is 14.9. The zero-order valence-corrected chi connectivity index (χ0v) is 16.7. The average molecular weight is 391 g/mol. The van der Waals surface area contributed by atoms with Gasteiger partial charge in [-0.25, -0.2) is 0 Å². The summed E-state index contributed by atoms with van der Waals surface area (Å²) in [6, 6.07) is 14.7. The van der Waals surface area contributed by atoms with Gasteiger partial charge >= 0.3 is 0 Å². The number of carbonyl (C=O) groups excluding carboxylic acids is 1. The zero-order chi connectivity index (χ0) is 20.4. The molecule has 0 unspecified atom stereocenters. The van der Waals surface area contributed by atoms with E-state index in [4.69, 9.17) is 4.74 Å². The van der Waals surface area contributed by atoms with Crippen molar-refractivity contribution in [1.82, 2.24) is 15.1 Å². The largest absolute Gasteiger partial charge is 0.507 e. The highest BCUT2D eigenvalue weighted by Gasteiger charge is 2.42. The number of carbonyl (C=O) groups is 1. The van der Waals surface area contributed by atoms with Crippen molar-refractivity contribution in [2.45, 2.75) is 32.7 Å². The molecular formula is C23H25N3O3. The molecule has 1 aliphatic heterocycles. The summed E-state index contributed by atoms with van der Waals surface area (Å²) in [5.74, 6) is 0.896. The van der Waals surface area contributed by atoms with Gasteiger partial charge in [0.05, 0.1) is 12.6 Å². The number of hydrogen-bond donors (Lipinski definition) is 2. The summed E-state index contributed by atoms with van der Waals surface area (Å²) in [6.45, 7) is 5.44. The van der Waals surface area contributed by atoms with Crippen molar-refractivity contribution in [2.24, 2.45) is 0 Å². The Morgan fingerprint density at radius 3 is 2.55 bits per heavy atom. The second-order valence-electron chi connectivity index (χ2n) is 7.20. The SMILES string of the molecule is CCCOc1ccc([C@H]2c3c(-c4ccccc4O)n[nH]c3C(=O)N2CCC)cc1. The molecule has 0 aliphatic carbocycles. The van der Waals surface area contributed by atoms with Crippen molar-refractivity contribution in [3.63, 3.8) is 0 Å².